The molecule has 2 heterocycles. The number of hydrogen-bond acceptors (Lipinski definition) is 4. The molecule has 1 unspecified atom stereocenters. The number of carbonyl (C=O) groups is 2. The van der Waals surface area contributed by atoms with Gasteiger partial charge in [-0.05, 0) is 11.8 Å². The van der Waals surface area contributed by atoms with Gasteiger partial charge in [0, 0.05) is 32.2 Å². The predicted molar refractivity (Wildman–Crippen MR) is 76.4 cm³/mol. The van der Waals surface area contributed by atoms with E-state index < -0.39 is 23.1 Å². The summed E-state index contributed by atoms with van der Waals surface area (Å²) in [6.45, 7) is 4.27. The maximum absolute atomic E-state index is 12.3. The van der Waals surface area contributed by atoms with Gasteiger partial charge in [-0.3, -0.25) is 4.79 Å². The Morgan fingerprint density at radius 1 is 1.38 bits per heavy atom. The summed E-state index contributed by atoms with van der Waals surface area (Å²) in [5.41, 5.74) is -0.882. The third kappa shape index (κ3) is 3.23. The quantitative estimate of drug-likeness (QED) is 0.760. The fourth-order valence-corrected chi connectivity index (χ4v) is 2.95. The summed E-state index contributed by atoms with van der Waals surface area (Å²) >= 11 is 0. The van der Waals surface area contributed by atoms with Crippen LogP contribution in [-0.4, -0.2) is 40.1 Å². The van der Waals surface area contributed by atoms with Crippen molar-refractivity contribution in [2.75, 3.05) is 6.54 Å². The second-order valence-corrected chi connectivity index (χ2v) is 6.45. The van der Waals surface area contributed by atoms with Gasteiger partial charge in [0.25, 0.3) is 0 Å². The molecule has 6 nitrogen and oxygen atoms in total. The molecule has 0 saturated carbocycles. The monoisotopic (exact) mass is 291 g/mol. The van der Waals surface area contributed by atoms with E-state index in [1.165, 1.54) is 4.90 Å². The van der Waals surface area contributed by atoms with Crippen LogP contribution in [0.15, 0.2) is 10.2 Å². The van der Waals surface area contributed by atoms with Crippen molar-refractivity contribution < 1.29 is 14.7 Å². The zero-order chi connectivity index (χ0) is 15.7. The number of aliphatic carboxylic acids is 1. The third-order valence-electron chi connectivity index (χ3n) is 4.40. The van der Waals surface area contributed by atoms with Gasteiger partial charge >= 0.3 is 5.97 Å². The topological polar surface area (TPSA) is 82.3 Å². The van der Waals surface area contributed by atoms with Gasteiger partial charge in [-0.1, -0.05) is 13.8 Å². The molecule has 1 N–H and O–H groups in total. The van der Waals surface area contributed by atoms with E-state index in [9.17, 15) is 14.7 Å². The van der Waals surface area contributed by atoms with Gasteiger partial charge in [-0.15, -0.1) is 12.3 Å². The molecule has 0 bridgehead atoms. The lowest BCUT2D eigenvalue weighted by atomic mass is 9.85. The largest absolute Gasteiger partial charge is 0.480 e. The zero-order valence-electron chi connectivity index (χ0n) is 12.5. The molecule has 1 amide bonds. The highest BCUT2D eigenvalue weighted by atomic mass is 16.4. The molecule has 0 aliphatic carbocycles. The molecule has 1 saturated heterocycles. The molecule has 1 atom stereocenters. The summed E-state index contributed by atoms with van der Waals surface area (Å²) in [7, 11) is 0. The van der Waals surface area contributed by atoms with Crippen LogP contribution in [0.1, 0.15) is 46.0 Å². The van der Waals surface area contributed by atoms with Crippen LogP contribution < -0.4 is 0 Å². The van der Waals surface area contributed by atoms with Crippen LogP contribution in [0.4, 0.5) is 0 Å². The number of terminal acetylenes is 1. The Hall–Kier alpha value is -1.90. The van der Waals surface area contributed by atoms with E-state index >= 15 is 0 Å². The number of carbonyl (C=O) groups excluding carboxylic acids is 1. The van der Waals surface area contributed by atoms with Crippen molar-refractivity contribution in [2.45, 2.75) is 57.7 Å². The lowest BCUT2D eigenvalue weighted by Gasteiger charge is -2.29. The molecule has 0 aromatic carbocycles. The van der Waals surface area contributed by atoms with Crippen molar-refractivity contribution in [1.82, 2.24) is 4.90 Å². The van der Waals surface area contributed by atoms with Crippen LogP contribution in [-0.2, 0) is 9.59 Å². The Labute approximate surface area is 124 Å². The van der Waals surface area contributed by atoms with Crippen LogP contribution in [0.5, 0.6) is 0 Å². The molecular formula is C15H21N3O3. The Balaban J connectivity index is 1.92. The first kappa shape index (κ1) is 15.5. The Kier molecular flexibility index (Phi) is 4.04. The van der Waals surface area contributed by atoms with Crippen LogP contribution >= 0.6 is 0 Å². The first-order valence-corrected chi connectivity index (χ1v) is 7.21. The molecule has 6 heteroatoms. The number of amides is 1. The molecular weight excluding hydrogens is 270 g/mol. The first-order chi connectivity index (χ1) is 9.81. The lowest BCUT2D eigenvalue weighted by Crippen LogP contribution is -2.46. The second kappa shape index (κ2) is 5.47. The van der Waals surface area contributed by atoms with Gasteiger partial charge in [-0.2, -0.15) is 10.2 Å². The Morgan fingerprint density at radius 2 is 2.05 bits per heavy atom. The van der Waals surface area contributed by atoms with Crippen molar-refractivity contribution in [3.63, 3.8) is 0 Å². The maximum atomic E-state index is 12.3. The number of rotatable bonds is 6. The van der Waals surface area contributed by atoms with Gasteiger partial charge in [0.1, 0.15) is 6.04 Å². The predicted octanol–water partition coefficient (Wildman–Crippen LogP) is 2.05. The van der Waals surface area contributed by atoms with Crippen LogP contribution in [0.25, 0.3) is 0 Å². The fourth-order valence-electron chi connectivity index (χ4n) is 2.95. The average Bonchev–Trinajstić information content (AvgIpc) is 3.10. The summed E-state index contributed by atoms with van der Waals surface area (Å²) in [6.07, 6.45) is 7.94. The smallest absolute Gasteiger partial charge is 0.326 e. The highest BCUT2D eigenvalue weighted by Crippen LogP contribution is 2.40. The van der Waals surface area contributed by atoms with E-state index in [-0.39, 0.29) is 12.3 Å². The van der Waals surface area contributed by atoms with E-state index in [1.807, 2.05) is 13.8 Å². The van der Waals surface area contributed by atoms with Gasteiger partial charge < -0.3 is 10.0 Å². The highest BCUT2D eigenvalue weighted by molar-refractivity contribution is 5.85. The van der Waals surface area contributed by atoms with Gasteiger partial charge in [0.15, 0.2) is 5.66 Å². The molecule has 0 spiro atoms. The second-order valence-electron chi connectivity index (χ2n) is 6.45. The van der Waals surface area contributed by atoms with Crippen molar-refractivity contribution >= 4 is 11.9 Å². The van der Waals surface area contributed by atoms with Crippen molar-refractivity contribution in [1.29, 1.82) is 0 Å². The third-order valence-corrected chi connectivity index (χ3v) is 4.40. The summed E-state index contributed by atoms with van der Waals surface area (Å²) in [5, 5.41) is 17.4. The molecule has 2 aliphatic heterocycles. The normalized spacial score (nSPS) is 24.6. The summed E-state index contributed by atoms with van der Waals surface area (Å²) in [5.74, 6) is 1.48. The van der Waals surface area contributed by atoms with Crippen LogP contribution in [0, 0.1) is 17.8 Å². The molecule has 0 aromatic rings. The minimum absolute atomic E-state index is 0.134. The van der Waals surface area contributed by atoms with E-state index in [2.05, 4.69) is 16.1 Å². The molecule has 21 heavy (non-hydrogen) atoms. The standard InChI is InChI=1S/C15H21N3O3/c1-4-5-7-15(16-17-15)8-6-11(19)18-10-9-14(2,3)12(18)13(20)21/h1,12H,5-10H2,2-3H3,(H,20,21). The van der Waals surface area contributed by atoms with E-state index in [0.717, 1.165) is 0 Å². The number of hydrogen-bond donors (Lipinski definition) is 1. The van der Waals surface area contributed by atoms with Crippen molar-refractivity contribution in [2.24, 2.45) is 15.6 Å². The lowest BCUT2D eigenvalue weighted by molar-refractivity contribution is -0.151. The number of nitrogens with zero attached hydrogens (tertiary/aromatic N) is 3. The summed E-state index contributed by atoms with van der Waals surface area (Å²) in [4.78, 5) is 25.3. The van der Waals surface area contributed by atoms with E-state index in [0.29, 0.717) is 32.2 Å². The molecule has 0 aromatic heterocycles. The van der Waals surface area contributed by atoms with Crippen LogP contribution in [0.2, 0.25) is 0 Å². The Bertz CT molecular complexity index is 513. The molecule has 2 rings (SSSR count). The highest BCUT2D eigenvalue weighted by Gasteiger charge is 2.48. The van der Waals surface area contributed by atoms with Crippen molar-refractivity contribution in [3.8, 4) is 12.3 Å². The van der Waals surface area contributed by atoms with E-state index in [1.54, 1.807) is 0 Å². The molecule has 114 valence electrons. The fraction of sp³-hybridized carbons (Fsp3) is 0.733. The van der Waals surface area contributed by atoms with Crippen LogP contribution in [0.3, 0.4) is 0 Å². The van der Waals surface area contributed by atoms with Crippen molar-refractivity contribution in [3.05, 3.63) is 0 Å². The number of carboxylic acid groups (broad SMARTS) is 1. The minimum Gasteiger partial charge on any atom is -0.480 e. The first-order valence-electron chi connectivity index (χ1n) is 7.21. The summed E-state index contributed by atoms with van der Waals surface area (Å²) in [6, 6.07) is -0.750. The Morgan fingerprint density at radius 3 is 2.57 bits per heavy atom. The summed E-state index contributed by atoms with van der Waals surface area (Å²) < 4.78 is 0. The van der Waals surface area contributed by atoms with Gasteiger partial charge in [0.05, 0.1) is 0 Å². The average molecular weight is 291 g/mol. The zero-order valence-corrected chi connectivity index (χ0v) is 12.5. The molecule has 0 radical (unpaired) electrons. The number of likely N-dealkylation sites (tertiary alicyclic amines) is 1. The maximum Gasteiger partial charge on any atom is 0.326 e. The van der Waals surface area contributed by atoms with Gasteiger partial charge in [-0.25, -0.2) is 4.79 Å². The minimum atomic E-state index is -0.936. The number of carboxylic acids is 1. The van der Waals surface area contributed by atoms with E-state index in [4.69, 9.17) is 6.42 Å². The van der Waals surface area contributed by atoms with Gasteiger partial charge in [0.2, 0.25) is 5.91 Å². The SMILES string of the molecule is C#CCCC1(CCC(=O)N2CCC(C)(C)C2C(=O)O)N=N1. The molecule has 1 fully saturated rings. The molecule has 2 aliphatic rings.